The molecule has 0 aliphatic rings. The molecule has 0 nitrogen and oxygen atoms in total. The molecule has 0 N–H and O–H groups in total. The lowest BCUT2D eigenvalue weighted by Crippen LogP contribution is -1.67. The third-order valence-corrected chi connectivity index (χ3v) is 1.20. The molecule has 3 heteroatoms. The summed E-state index contributed by atoms with van der Waals surface area (Å²) < 4.78 is 0. The van der Waals surface area contributed by atoms with Crippen LogP contribution in [0.2, 0.25) is 0 Å². The first-order valence-corrected chi connectivity index (χ1v) is 4.51. The molecule has 0 aromatic rings. The zero-order valence-corrected chi connectivity index (χ0v) is 4.97. The summed E-state index contributed by atoms with van der Waals surface area (Å²) in [6.45, 7) is 3.22. The van der Waals surface area contributed by atoms with E-state index < -0.39 is 7.03 Å². The molecular formula is C2H2Cl2Si. The molecule has 0 bridgehead atoms. The summed E-state index contributed by atoms with van der Waals surface area (Å²) in [4.78, 5) is 0. The van der Waals surface area contributed by atoms with Crippen molar-refractivity contribution in [2.75, 3.05) is 0 Å². The van der Waals surface area contributed by atoms with Crippen molar-refractivity contribution in [3.8, 4) is 0 Å². The molecule has 0 fully saturated rings. The number of hydrogen-bond acceptors (Lipinski definition) is 0. The Morgan fingerprint density at radius 3 is 1.80 bits per heavy atom. The zero-order chi connectivity index (χ0) is 4.28. The molecule has 0 amide bonds. The van der Waals surface area contributed by atoms with E-state index in [4.69, 9.17) is 22.2 Å². The minimum Gasteiger partial charge on any atom is -0.130 e. The monoisotopic (exact) mass is 124 g/mol. The van der Waals surface area contributed by atoms with Gasteiger partial charge in [-0.25, -0.2) is 0 Å². The molecule has 0 unspecified atom stereocenters. The van der Waals surface area contributed by atoms with Gasteiger partial charge in [-0.05, 0) is 0 Å². The van der Waals surface area contributed by atoms with Gasteiger partial charge >= 0.3 is 0 Å². The highest BCUT2D eigenvalue weighted by Crippen LogP contribution is 1.77. The Morgan fingerprint density at radius 2 is 1.80 bits per heavy atom. The third kappa shape index (κ3) is 4.45. The summed E-state index contributed by atoms with van der Waals surface area (Å²) in [6, 6.07) is 0. The van der Waals surface area contributed by atoms with Crippen molar-refractivity contribution in [1.29, 1.82) is 0 Å². The fourth-order valence-corrected chi connectivity index (χ4v) is 0. The Bertz CT molecular complexity index is 67.7. The molecule has 0 aliphatic carbocycles. The second-order valence-corrected chi connectivity index (χ2v) is 4.16. The third-order valence-electron chi connectivity index (χ3n) is 0.134. The number of hydrogen-bond donors (Lipinski definition) is 0. The van der Waals surface area contributed by atoms with Crippen molar-refractivity contribution in [2.45, 2.75) is 0 Å². The van der Waals surface area contributed by atoms with E-state index in [1.165, 1.54) is 0 Å². The van der Waals surface area contributed by atoms with Gasteiger partial charge in [0.15, 0.2) is 0 Å². The topological polar surface area (TPSA) is 0 Å². The standard InChI is InChI=1S/C2H2Cl2Si/c1-2-5(3)4/h1H2. The minimum absolute atomic E-state index is 1.29. The SMILES string of the molecule is C=C=[Si](Cl)Cl. The lowest BCUT2D eigenvalue weighted by atomic mass is 11.3. The smallest absolute Gasteiger partial charge is 0.130 e. The Morgan fingerprint density at radius 1 is 1.60 bits per heavy atom. The van der Waals surface area contributed by atoms with Gasteiger partial charge in [-0.2, -0.15) is 0 Å². The number of halogens is 2. The van der Waals surface area contributed by atoms with E-state index in [9.17, 15) is 0 Å². The Balaban J connectivity index is 3.60. The quantitative estimate of drug-likeness (QED) is 0.336. The van der Waals surface area contributed by atoms with Crippen molar-refractivity contribution in [3.63, 3.8) is 0 Å². The largest absolute Gasteiger partial charge is 0.281 e. The van der Waals surface area contributed by atoms with Crippen molar-refractivity contribution in [1.82, 2.24) is 0 Å². The molecule has 0 aliphatic heterocycles. The fraction of sp³-hybridized carbons (Fsp3) is 0. The van der Waals surface area contributed by atoms with Gasteiger partial charge in [0.05, 0.1) is 0 Å². The molecule has 0 saturated heterocycles. The summed E-state index contributed by atoms with van der Waals surface area (Å²) in [5.74, 6) is 0. The highest BCUT2D eigenvalue weighted by molar-refractivity contribution is 7.33. The van der Waals surface area contributed by atoms with Crippen LogP contribution in [0.3, 0.4) is 0 Å². The van der Waals surface area contributed by atoms with Gasteiger partial charge < -0.3 is 0 Å². The first-order chi connectivity index (χ1) is 2.27. The maximum absolute atomic E-state index is 5.16. The van der Waals surface area contributed by atoms with Crippen LogP contribution >= 0.6 is 22.2 Å². The molecule has 0 spiro atoms. The Hall–Kier alpha value is 0.447. The van der Waals surface area contributed by atoms with E-state index in [2.05, 4.69) is 11.9 Å². The van der Waals surface area contributed by atoms with Crippen molar-refractivity contribution in [3.05, 3.63) is 6.58 Å². The zero-order valence-electron chi connectivity index (χ0n) is 2.46. The minimum atomic E-state index is -1.29. The summed E-state index contributed by atoms with van der Waals surface area (Å²) in [5, 5.41) is 2.41. The van der Waals surface area contributed by atoms with E-state index in [1.54, 1.807) is 0 Å². The predicted molar refractivity (Wildman–Crippen MR) is 28.1 cm³/mol. The van der Waals surface area contributed by atoms with Crippen LogP contribution in [0.1, 0.15) is 0 Å². The van der Waals surface area contributed by atoms with Gasteiger partial charge in [-0.15, -0.1) is 27.5 Å². The maximum Gasteiger partial charge on any atom is 0.281 e. The highest BCUT2D eigenvalue weighted by atomic mass is 35.7. The van der Waals surface area contributed by atoms with E-state index in [0.717, 1.165) is 0 Å². The van der Waals surface area contributed by atoms with Crippen molar-refractivity contribution in [2.24, 2.45) is 0 Å². The van der Waals surface area contributed by atoms with Crippen molar-refractivity contribution < 1.29 is 0 Å². The van der Waals surface area contributed by atoms with Gasteiger partial charge in [0.25, 0.3) is 7.03 Å². The van der Waals surface area contributed by atoms with Gasteiger partial charge in [0, 0.05) is 0 Å². The number of rotatable bonds is 0. The average molecular weight is 125 g/mol. The first kappa shape index (κ1) is 5.45. The molecular weight excluding hydrogens is 123 g/mol. The Labute approximate surface area is 41.6 Å². The predicted octanol–water partition coefficient (Wildman–Crippen LogP) is 1.12. The Kier molecular flexibility index (Phi) is 2.91. The van der Waals surface area contributed by atoms with Crippen molar-refractivity contribution >= 4 is 34.5 Å². The van der Waals surface area contributed by atoms with Gasteiger partial charge in [-0.3, -0.25) is 0 Å². The molecule has 0 atom stereocenters. The summed E-state index contributed by atoms with van der Waals surface area (Å²) in [7, 11) is -1.29. The summed E-state index contributed by atoms with van der Waals surface area (Å²) in [5.41, 5.74) is 0. The van der Waals surface area contributed by atoms with Crippen LogP contribution < -0.4 is 0 Å². The van der Waals surface area contributed by atoms with Gasteiger partial charge in [-0.1, -0.05) is 6.58 Å². The second kappa shape index (κ2) is 2.67. The average Bonchev–Trinajstić information content (AvgIpc) is 1.38. The molecule has 0 rings (SSSR count). The fourth-order valence-electron chi connectivity index (χ4n) is 0. The van der Waals surface area contributed by atoms with Crippen LogP contribution in [0, 0.1) is 0 Å². The normalized spacial score (nSPS) is 6.00. The molecule has 28 valence electrons. The molecule has 0 radical (unpaired) electrons. The van der Waals surface area contributed by atoms with Crippen LogP contribution in [-0.2, 0) is 0 Å². The molecule has 0 saturated carbocycles. The lowest BCUT2D eigenvalue weighted by molar-refractivity contribution is 3.19. The molecule has 0 aromatic heterocycles. The van der Waals surface area contributed by atoms with Gasteiger partial charge in [0.1, 0.15) is 0 Å². The van der Waals surface area contributed by atoms with E-state index in [1.807, 2.05) is 0 Å². The second-order valence-electron chi connectivity index (χ2n) is 0.437. The van der Waals surface area contributed by atoms with Crippen LogP contribution in [-0.4, -0.2) is 12.4 Å². The van der Waals surface area contributed by atoms with Crippen LogP contribution in [0.15, 0.2) is 6.58 Å². The van der Waals surface area contributed by atoms with E-state index in [0.29, 0.717) is 0 Å². The summed E-state index contributed by atoms with van der Waals surface area (Å²) >= 11 is 10.3. The maximum atomic E-state index is 5.16. The van der Waals surface area contributed by atoms with Gasteiger partial charge in [0.2, 0.25) is 0 Å². The first-order valence-electron chi connectivity index (χ1n) is 0.982. The molecule has 5 heavy (non-hydrogen) atoms. The molecule has 0 heterocycles. The summed E-state index contributed by atoms with van der Waals surface area (Å²) in [6.07, 6.45) is 0. The lowest BCUT2D eigenvalue weighted by Gasteiger charge is -1.56. The van der Waals surface area contributed by atoms with E-state index in [-0.39, 0.29) is 0 Å². The molecule has 0 aromatic carbocycles. The highest BCUT2D eigenvalue weighted by Gasteiger charge is 1.71. The van der Waals surface area contributed by atoms with Crippen LogP contribution in [0.5, 0.6) is 0 Å². The van der Waals surface area contributed by atoms with E-state index >= 15 is 0 Å². The van der Waals surface area contributed by atoms with Crippen LogP contribution in [0.25, 0.3) is 0 Å². The van der Waals surface area contributed by atoms with Crippen LogP contribution in [0.4, 0.5) is 0 Å².